The molecule has 8 nitrogen and oxygen atoms in total. The standard InChI is InChI=1S/C27H20F3NO7/c28-27(29,30)25-24(37-18-9-5-2-6-10-18)23(33)20-12-11-19(15-21(20)38-25)36-22(32)13-14-31-26(34)35-16-17-7-3-1-4-8-17/h1-12,15H,13-14,16H2,(H,31,34). The van der Waals surface area contributed by atoms with Crippen LogP contribution in [0.4, 0.5) is 18.0 Å². The number of alkyl carbamates (subject to hydrolysis) is 1. The van der Waals surface area contributed by atoms with Crippen LogP contribution in [0.25, 0.3) is 11.0 Å². The van der Waals surface area contributed by atoms with Gasteiger partial charge in [-0.15, -0.1) is 0 Å². The van der Waals surface area contributed by atoms with Gasteiger partial charge in [0.15, 0.2) is 0 Å². The summed E-state index contributed by atoms with van der Waals surface area (Å²) in [5.41, 5.74) is -0.702. The zero-order valence-corrected chi connectivity index (χ0v) is 19.6. The fourth-order valence-corrected chi connectivity index (χ4v) is 3.33. The monoisotopic (exact) mass is 527 g/mol. The topological polar surface area (TPSA) is 104 Å². The molecule has 1 amide bonds. The highest BCUT2D eigenvalue weighted by Gasteiger charge is 2.40. The highest BCUT2D eigenvalue weighted by molar-refractivity contribution is 5.81. The van der Waals surface area contributed by atoms with Crippen molar-refractivity contribution in [3.8, 4) is 17.2 Å². The Morgan fingerprint density at radius 3 is 2.26 bits per heavy atom. The second kappa shape index (κ2) is 11.5. The number of carbonyl (C=O) groups is 2. The van der Waals surface area contributed by atoms with Crippen molar-refractivity contribution in [2.75, 3.05) is 6.54 Å². The van der Waals surface area contributed by atoms with E-state index in [1.165, 1.54) is 36.4 Å². The number of carbonyl (C=O) groups excluding carboxylic acids is 2. The summed E-state index contributed by atoms with van der Waals surface area (Å²) in [5.74, 6) is -3.54. The molecule has 1 heterocycles. The minimum atomic E-state index is -5.04. The average Bonchev–Trinajstić information content (AvgIpc) is 2.89. The van der Waals surface area contributed by atoms with Crippen LogP contribution in [0.2, 0.25) is 0 Å². The van der Waals surface area contributed by atoms with Gasteiger partial charge < -0.3 is 23.9 Å². The van der Waals surface area contributed by atoms with Crippen LogP contribution in [-0.4, -0.2) is 18.6 Å². The normalized spacial score (nSPS) is 11.1. The van der Waals surface area contributed by atoms with E-state index in [-0.39, 0.29) is 36.5 Å². The van der Waals surface area contributed by atoms with Gasteiger partial charge in [0.1, 0.15) is 23.7 Å². The first-order chi connectivity index (χ1) is 18.2. The first-order valence-electron chi connectivity index (χ1n) is 11.3. The van der Waals surface area contributed by atoms with E-state index in [0.717, 1.165) is 11.6 Å². The molecule has 38 heavy (non-hydrogen) atoms. The number of para-hydroxylation sites is 1. The van der Waals surface area contributed by atoms with Crippen molar-refractivity contribution in [2.24, 2.45) is 0 Å². The number of esters is 1. The summed E-state index contributed by atoms with van der Waals surface area (Å²) < 4.78 is 61.4. The second-order valence-corrected chi connectivity index (χ2v) is 7.87. The number of nitrogens with one attached hydrogen (secondary N) is 1. The molecule has 0 spiro atoms. The van der Waals surface area contributed by atoms with E-state index in [1.807, 2.05) is 6.07 Å². The smallest absolute Gasteiger partial charge is 0.449 e. The molecule has 196 valence electrons. The fourth-order valence-electron chi connectivity index (χ4n) is 3.33. The van der Waals surface area contributed by atoms with Crippen LogP contribution < -0.4 is 20.2 Å². The van der Waals surface area contributed by atoms with Crippen molar-refractivity contribution in [1.29, 1.82) is 0 Å². The molecular formula is C27H20F3NO7. The van der Waals surface area contributed by atoms with Crippen LogP contribution in [0.3, 0.4) is 0 Å². The molecule has 0 fully saturated rings. The van der Waals surface area contributed by atoms with Gasteiger partial charge in [-0.3, -0.25) is 9.59 Å². The lowest BCUT2D eigenvalue weighted by Gasteiger charge is -2.13. The number of halogens is 3. The van der Waals surface area contributed by atoms with Crippen LogP contribution in [0.5, 0.6) is 17.2 Å². The summed E-state index contributed by atoms with van der Waals surface area (Å²) in [6.07, 6.45) is -6.02. The Hall–Kier alpha value is -4.80. The van der Waals surface area contributed by atoms with Crippen LogP contribution in [0, 0.1) is 0 Å². The molecule has 0 aliphatic rings. The van der Waals surface area contributed by atoms with Crippen molar-refractivity contribution in [1.82, 2.24) is 5.32 Å². The lowest BCUT2D eigenvalue weighted by atomic mass is 10.2. The number of fused-ring (bicyclic) bond motifs is 1. The number of rotatable bonds is 8. The van der Waals surface area contributed by atoms with Crippen LogP contribution in [-0.2, 0) is 22.3 Å². The molecule has 1 aromatic heterocycles. The lowest BCUT2D eigenvalue weighted by Crippen LogP contribution is -2.27. The quantitative estimate of drug-likeness (QED) is 0.227. The molecular weight excluding hydrogens is 507 g/mol. The van der Waals surface area contributed by atoms with Crippen molar-refractivity contribution in [3.05, 3.63) is 100 Å². The minimum Gasteiger partial charge on any atom is -0.449 e. The number of hydrogen-bond acceptors (Lipinski definition) is 7. The molecule has 0 radical (unpaired) electrons. The Bertz CT molecular complexity index is 1490. The summed E-state index contributed by atoms with van der Waals surface area (Å²) in [6, 6.07) is 19.9. The Balaban J connectivity index is 1.42. The Labute approximate surface area is 213 Å². The van der Waals surface area contributed by atoms with E-state index in [2.05, 4.69) is 5.32 Å². The molecule has 0 aliphatic carbocycles. The zero-order valence-electron chi connectivity index (χ0n) is 19.6. The molecule has 1 N–H and O–H groups in total. The van der Waals surface area contributed by atoms with Gasteiger partial charge in [-0.05, 0) is 29.8 Å². The van der Waals surface area contributed by atoms with Gasteiger partial charge in [0.05, 0.1) is 11.8 Å². The van der Waals surface area contributed by atoms with Crippen molar-refractivity contribution < 1.29 is 41.4 Å². The maximum atomic E-state index is 13.7. The lowest BCUT2D eigenvalue weighted by molar-refractivity contribution is -0.154. The summed E-state index contributed by atoms with van der Waals surface area (Å²) in [7, 11) is 0. The van der Waals surface area contributed by atoms with Gasteiger partial charge in [0.2, 0.25) is 11.2 Å². The Morgan fingerprint density at radius 2 is 1.58 bits per heavy atom. The molecule has 0 aliphatic heterocycles. The first-order valence-corrected chi connectivity index (χ1v) is 11.3. The molecule has 11 heteroatoms. The number of amides is 1. The molecule has 0 saturated heterocycles. The highest BCUT2D eigenvalue weighted by Crippen LogP contribution is 2.38. The highest BCUT2D eigenvalue weighted by atomic mass is 19.4. The van der Waals surface area contributed by atoms with Gasteiger partial charge in [0, 0.05) is 12.6 Å². The largest absolute Gasteiger partial charge is 0.453 e. The van der Waals surface area contributed by atoms with E-state index in [9.17, 15) is 27.6 Å². The van der Waals surface area contributed by atoms with E-state index in [0.29, 0.717) is 0 Å². The third-order valence-corrected chi connectivity index (χ3v) is 5.09. The predicted octanol–water partition coefficient (Wildman–Crippen LogP) is 5.83. The number of ether oxygens (including phenoxy) is 3. The first kappa shape index (κ1) is 26.3. The SMILES string of the molecule is O=C(CCNC(=O)OCc1ccccc1)Oc1ccc2c(=O)c(Oc3ccccc3)c(C(F)(F)F)oc2c1. The van der Waals surface area contributed by atoms with E-state index in [4.69, 9.17) is 18.6 Å². The number of alkyl halides is 3. The number of hydrogen-bond donors (Lipinski definition) is 1. The predicted molar refractivity (Wildman–Crippen MR) is 129 cm³/mol. The summed E-state index contributed by atoms with van der Waals surface area (Å²) in [6.45, 7) is -0.0506. The third-order valence-electron chi connectivity index (χ3n) is 5.09. The van der Waals surface area contributed by atoms with Crippen LogP contribution >= 0.6 is 0 Å². The van der Waals surface area contributed by atoms with Gasteiger partial charge in [-0.2, -0.15) is 13.2 Å². The van der Waals surface area contributed by atoms with Gasteiger partial charge in [0.25, 0.3) is 5.76 Å². The maximum absolute atomic E-state index is 13.7. The average molecular weight is 527 g/mol. The summed E-state index contributed by atoms with van der Waals surface area (Å²) in [5, 5.41) is 2.19. The van der Waals surface area contributed by atoms with E-state index >= 15 is 0 Å². The maximum Gasteiger partial charge on any atom is 0.453 e. The van der Waals surface area contributed by atoms with Gasteiger partial charge in [-0.25, -0.2) is 4.79 Å². The molecule has 0 unspecified atom stereocenters. The van der Waals surface area contributed by atoms with E-state index < -0.39 is 40.8 Å². The molecule has 4 rings (SSSR count). The number of benzene rings is 3. The summed E-state index contributed by atoms with van der Waals surface area (Å²) in [4.78, 5) is 36.8. The molecule has 4 aromatic rings. The van der Waals surface area contributed by atoms with Gasteiger partial charge in [-0.1, -0.05) is 48.5 Å². The summed E-state index contributed by atoms with van der Waals surface area (Å²) >= 11 is 0. The van der Waals surface area contributed by atoms with Crippen LogP contribution in [0.15, 0.2) is 88.1 Å². The Kier molecular flexibility index (Phi) is 7.95. The fraction of sp³-hybridized carbons (Fsp3) is 0.148. The Morgan fingerprint density at radius 1 is 0.895 bits per heavy atom. The third kappa shape index (κ3) is 6.69. The minimum absolute atomic E-state index is 0.0211. The molecule has 3 aromatic carbocycles. The van der Waals surface area contributed by atoms with Crippen molar-refractivity contribution in [3.63, 3.8) is 0 Å². The van der Waals surface area contributed by atoms with Crippen molar-refractivity contribution in [2.45, 2.75) is 19.2 Å². The van der Waals surface area contributed by atoms with Gasteiger partial charge >= 0.3 is 18.2 Å². The molecule has 0 atom stereocenters. The zero-order chi connectivity index (χ0) is 27.1. The van der Waals surface area contributed by atoms with Crippen LogP contribution in [0.1, 0.15) is 17.7 Å². The molecule has 0 saturated carbocycles. The van der Waals surface area contributed by atoms with Crippen molar-refractivity contribution >= 4 is 23.0 Å². The second-order valence-electron chi connectivity index (χ2n) is 7.87. The van der Waals surface area contributed by atoms with E-state index in [1.54, 1.807) is 30.3 Å². The molecule has 0 bridgehead atoms.